The van der Waals surface area contributed by atoms with E-state index < -0.39 is 0 Å². The molecule has 0 saturated heterocycles. The SMILES string of the molecule is CN(Cc1noc2c1COCC2)C1CCC(O)CC1. The number of ether oxygens (including phenoxy) is 1. The van der Waals surface area contributed by atoms with Gasteiger partial charge in [0.25, 0.3) is 0 Å². The number of fused-ring (bicyclic) bond motifs is 1. The Labute approximate surface area is 113 Å². The van der Waals surface area contributed by atoms with Gasteiger partial charge in [-0.05, 0) is 32.7 Å². The lowest BCUT2D eigenvalue weighted by atomic mass is 9.92. The zero-order chi connectivity index (χ0) is 13.2. The Kier molecular flexibility index (Phi) is 3.86. The largest absolute Gasteiger partial charge is 0.393 e. The summed E-state index contributed by atoms with van der Waals surface area (Å²) in [5.74, 6) is 0.994. The Hall–Kier alpha value is -0.910. The number of aliphatic hydroxyl groups excluding tert-OH is 1. The quantitative estimate of drug-likeness (QED) is 0.898. The number of nitrogens with zero attached hydrogens (tertiary/aromatic N) is 2. The van der Waals surface area contributed by atoms with E-state index in [9.17, 15) is 5.11 Å². The first-order valence-electron chi connectivity index (χ1n) is 7.16. The molecule has 0 spiro atoms. The molecule has 106 valence electrons. The summed E-state index contributed by atoms with van der Waals surface area (Å²) in [7, 11) is 2.13. The minimum atomic E-state index is -0.0992. The van der Waals surface area contributed by atoms with Crippen molar-refractivity contribution in [2.24, 2.45) is 0 Å². The number of aromatic nitrogens is 1. The summed E-state index contributed by atoms with van der Waals surface area (Å²) in [4.78, 5) is 2.33. The second-order valence-corrected chi connectivity index (χ2v) is 5.71. The van der Waals surface area contributed by atoms with Crippen LogP contribution in [-0.2, 0) is 24.3 Å². The minimum absolute atomic E-state index is 0.0992. The van der Waals surface area contributed by atoms with Gasteiger partial charge in [0.15, 0.2) is 0 Å². The van der Waals surface area contributed by atoms with E-state index in [1.54, 1.807) is 0 Å². The summed E-state index contributed by atoms with van der Waals surface area (Å²) in [6, 6.07) is 0.542. The average Bonchev–Trinajstić information content (AvgIpc) is 2.83. The fourth-order valence-corrected chi connectivity index (χ4v) is 3.07. The van der Waals surface area contributed by atoms with Gasteiger partial charge in [-0.25, -0.2) is 0 Å². The van der Waals surface area contributed by atoms with E-state index in [4.69, 9.17) is 9.26 Å². The molecule has 0 atom stereocenters. The lowest BCUT2D eigenvalue weighted by Crippen LogP contribution is -2.36. The Morgan fingerprint density at radius 2 is 2.11 bits per heavy atom. The fourth-order valence-electron chi connectivity index (χ4n) is 3.07. The highest BCUT2D eigenvalue weighted by atomic mass is 16.5. The van der Waals surface area contributed by atoms with E-state index in [-0.39, 0.29) is 6.10 Å². The van der Waals surface area contributed by atoms with Gasteiger partial charge in [-0.15, -0.1) is 0 Å². The first-order valence-corrected chi connectivity index (χ1v) is 7.16. The second-order valence-electron chi connectivity index (χ2n) is 5.71. The molecule has 2 heterocycles. The molecule has 1 fully saturated rings. The molecule has 19 heavy (non-hydrogen) atoms. The van der Waals surface area contributed by atoms with Gasteiger partial charge in [0.2, 0.25) is 0 Å². The molecule has 2 aliphatic rings. The zero-order valence-electron chi connectivity index (χ0n) is 11.5. The molecule has 0 bridgehead atoms. The molecule has 0 radical (unpaired) electrons. The van der Waals surface area contributed by atoms with Gasteiger partial charge < -0.3 is 14.4 Å². The molecule has 1 N–H and O–H groups in total. The van der Waals surface area contributed by atoms with Crippen LogP contribution >= 0.6 is 0 Å². The van der Waals surface area contributed by atoms with E-state index in [2.05, 4.69) is 17.1 Å². The van der Waals surface area contributed by atoms with Crippen molar-refractivity contribution in [1.82, 2.24) is 10.1 Å². The predicted molar refractivity (Wildman–Crippen MR) is 69.6 cm³/mol. The molecule has 1 aromatic rings. The van der Waals surface area contributed by atoms with Gasteiger partial charge >= 0.3 is 0 Å². The summed E-state index contributed by atoms with van der Waals surface area (Å²) in [5.41, 5.74) is 2.16. The van der Waals surface area contributed by atoms with E-state index in [0.717, 1.165) is 62.3 Å². The third-order valence-electron chi connectivity index (χ3n) is 4.36. The van der Waals surface area contributed by atoms with Crippen LogP contribution in [0.5, 0.6) is 0 Å². The average molecular weight is 266 g/mol. The Morgan fingerprint density at radius 3 is 2.89 bits per heavy atom. The monoisotopic (exact) mass is 266 g/mol. The van der Waals surface area contributed by atoms with Crippen LogP contribution in [-0.4, -0.2) is 41.0 Å². The van der Waals surface area contributed by atoms with Gasteiger partial charge in [0, 0.05) is 24.6 Å². The second kappa shape index (κ2) is 5.61. The third-order valence-corrected chi connectivity index (χ3v) is 4.36. The van der Waals surface area contributed by atoms with Gasteiger partial charge in [-0.1, -0.05) is 5.16 Å². The van der Waals surface area contributed by atoms with Crippen LogP contribution in [0.15, 0.2) is 4.52 Å². The predicted octanol–water partition coefficient (Wildman–Crippen LogP) is 1.48. The molecule has 5 heteroatoms. The van der Waals surface area contributed by atoms with Crippen molar-refractivity contribution in [3.8, 4) is 0 Å². The standard InChI is InChI=1S/C14H22N2O3/c1-16(10-2-4-11(17)5-3-10)8-13-12-9-18-7-6-14(12)19-15-13/h10-11,17H,2-9H2,1H3. The molecule has 1 aliphatic carbocycles. The summed E-state index contributed by atoms with van der Waals surface area (Å²) in [5, 5.41) is 13.8. The molecule has 1 aromatic heterocycles. The van der Waals surface area contributed by atoms with Crippen molar-refractivity contribution in [2.45, 2.75) is 57.4 Å². The molecule has 1 aliphatic heterocycles. The van der Waals surface area contributed by atoms with Crippen molar-refractivity contribution in [3.63, 3.8) is 0 Å². The normalized spacial score (nSPS) is 27.5. The Balaban J connectivity index is 1.63. The molecule has 1 saturated carbocycles. The van der Waals surface area contributed by atoms with Crippen LogP contribution in [0.3, 0.4) is 0 Å². The molecular formula is C14H22N2O3. The smallest absolute Gasteiger partial charge is 0.144 e. The van der Waals surface area contributed by atoms with Crippen LogP contribution in [0.2, 0.25) is 0 Å². The molecule has 0 amide bonds. The van der Waals surface area contributed by atoms with Crippen molar-refractivity contribution in [2.75, 3.05) is 13.7 Å². The number of hydrogen-bond acceptors (Lipinski definition) is 5. The highest BCUT2D eigenvalue weighted by Crippen LogP contribution is 2.26. The van der Waals surface area contributed by atoms with Gasteiger partial charge in [0.1, 0.15) is 11.5 Å². The molecule has 3 rings (SSSR count). The van der Waals surface area contributed by atoms with Crippen LogP contribution < -0.4 is 0 Å². The van der Waals surface area contributed by atoms with Crippen LogP contribution in [0.1, 0.15) is 42.7 Å². The number of aliphatic hydroxyl groups is 1. The lowest BCUT2D eigenvalue weighted by molar-refractivity contribution is 0.0802. The zero-order valence-corrected chi connectivity index (χ0v) is 11.5. The highest BCUT2D eigenvalue weighted by Gasteiger charge is 2.25. The van der Waals surface area contributed by atoms with E-state index in [1.165, 1.54) is 0 Å². The highest BCUT2D eigenvalue weighted by molar-refractivity contribution is 5.23. The Morgan fingerprint density at radius 1 is 1.32 bits per heavy atom. The van der Waals surface area contributed by atoms with E-state index in [0.29, 0.717) is 12.6 Å². The van der Waals surface area contributed by atoms with Gasteiger partial charge in [-0.3, -0.25) is 4.90 Å². The molecule has 0 aromatic carbocycles. The van der Waals surface area contributed by atoms with Crippen molar-refractivity contribution >= 4 is 0 Å². The van der Waals surface area contributed by atoms with Gasteiger partial charge in [0.05, 0.1) is 19.3 Å². The molecule has 5 nitrogen and oxygen atoms in total. The van der Waals surface area contributed by atoms with Crippen LogP contribution in [0.4, 0.5) is 0 Å². The summed E-state index contributed by atoms with van der Waals surface area (Å²) < 4.78 is 10.9. The summed E-state index contributed by atoms with van der Waals surface area (Å²) in [6.07, 6.45) is 4.69. The Bertz CT molecular complexity index is 424. The van der Waals surface area contributed by atoms with Crippen molar-refractivity contribution < 1.29 is 14.4 Å². The first kappa shape index (κ1) is 13.1. The van der Waals surface area contributed by atoms with Crippen molar-refractivity contribution in [1.29, 1.82) is 0 Å². The lowest BCUT2D eigenvalue weighted by Gasteiger charge is -2.32. The van der Waals surface area contributed by atoms with Crippen molar-refractivity contribution in [3.05, 3.63) is 17.0 Å². The van der Waals surface area contributed by atoms with Gasteiger partial charge in [-0.2, -0.15) is 0 Å². The van der Waals surface area contributed by atoms with Crippen LogP contribution in [0, 0.1) is 0 Å². The fraction of sp³-hybridized carbons (Fsp3) is 0.786. The maximum Gasteiger partial charge on any atom is 0.144 e. The third kappa shape index (κ3) is 2.83. The van der Waals surface area contributed by atoms with Crippen LogP contribution in [0.25, 0.3) is 0 Å². The number of hydrogen-bond donors (Lipinski definition) is 1. The van der Waals surface area contributed by atoms with E-state index >= 15 is 0 Å². The van der Waals surface area contributed by atoms with E-state index in [1.807, 2.05) is 0 Å². The summed E-state index contributed by atoms with van der Waals surface area (Å²) >= 11 is 0. The minimum Gasteiger partial charge on any atom is -0.393 e. The maximum atomic E-state index is 9.56. The molecular weight excluding hydrogens is 244 g/mol. The topological polar surface area (TPSA) is 58.7 Å². The maximum absolute atomic E-state index is 9.56. The molecule has 0 unspecified atom stereocenters. The first-order chi connectivity index (χ1) is 9.24. The number of rotatable bonds is 3. The summed E-state index contributed by atoms with van der Waals surface area (Å²) in [6.45, 7) is 2.17.